The van der Waals surface area contributed by atoms with Crippen LogP contribution in [0.1, 0.15) is 52.9 Å². The van der Waals surface area contributed by atoms with Crippen molar-refractivity contribution < 1.29 is 4.79 Å². The molecule has 0 spiro atoms. The van der Waals surface area contributed by atoms with Crippen molar-refractivity contribution in [2.45, 2.75) is 52.0 Å². The largest absolute Gasteiger partial charge is 0.349 e. The number of fused-ring (bicyclic) bond motifs is 6. The van der Waals surface area contributed by atoms with Gasteiger partial charge >= 0.3 is 0 Å². The Hall–Kier alpha value is -3.26. The van der Waals surface area contributed by atoms with Crippen molar-refractivity contribution in [1.82, 2.24) is 24.7 Å². The number of hydrogen-bond acceptors (Lipinski definition) is 5. The molecule has 1 fully saturated rings. The number of carbonyl (C=O) groups excluding carboxylic acids is 1. The smallest absolute Gasteiger partial charge is 0.260 e. The Morgan fingerprint density at radius 2 is 1.84 bits per heavy atom. The summed E-state index contributed by atoms with van der Waals surface area (Å²) in [6.07, 6.45) is 5.42. The summed E-state index contributed by atoms with van der Waals surface area (Å²) in [6, 6.07) is 7.79. The van der Waals surface area contributed by atoms with Gasteiger partial charge in [-0.05, 0) is 44.4 Å². The summed E-state index contributed by atoms with van der Waals surface area (Å²) in [7, 11) is 0. The zero-order chi connectivity index (χ0) is 22.0. The van der Waals surface area contributed by atoms with E-state index in [1.165, 1.54) is 6.42 Å². The Bertz CT molecular complexity index is 1600. The molecule has 4 aromatic heterocycles. The van der Waals surface area contributed by atoms with E-state index in [4.69, 9.17) is 9.97 Å². The molecule has 1 saturated carbocycles. The van der Waals surface area contributed by atoms with Gasteiger partial charge in [0, 0.05) is 10.9 Å². The number of nitrogens with one attached hydrogen (secondary N) is 2. The molecule has 1 aromatic carbocycles. The molecule has 1 aliphatic carbocycles. The van der Waals surface area contributed by atoms with Crippen molar-refractivity contribution in [3.63, 3.8) is 0 Å². The lowest BCUT2D eigenvalue weighted by molar-refractivity contribution is 0.0930. The van der Waals surface area contributed by atoms with Crippen LogP contribution < -0.4 is 10.9 Å². The molecule has 8 heteroatoms. The van der Waals surface area contributed by atoms with Crippen LogP contribution in [0.4, 0.5) is 0 Å². The number of aryl methyl sites for hydroxylation is 2. The van der Waals surface area contributed by atoms with Gasteiger partial charge in [0.05, 0.1) is 16.4 Å². The van der Waals surface area contributed by atoms with E-state index in [9.17, 15) is 9.59 Å². The first-order chi connectivity index (χ1) is 15.5. The van der Waals surface area contributed by atoms with Crippen molar-refractivity contribution in [2.75, 3.05) is 0 Å². The van der Waals surface area contributed by atoms with Crippen LogP contribution in [0.25, 0.3) is 38.1 Å². The molecule has 2 N–H and O–H groups in total. The standard InChI is InChI=1S/C24H23N5O2S/c1-12-13(2)32-24-17(12)22(30)28-20-18(23(31)25-14-8-4-3-5-9-14)19-21(29(20)24)27-16-11-7-6-10-15(16)26-19/h6-7,10-11,14H,3-5,8-9H2,1-2H3,(H,25,31)(H,28,30). The molecule has 1 aliphatic rings. The number of rotatable bonds is 2. The number of carbonyl (C=O) groups is 1. The molecular formula is C24H23N5O2S. The Kier molecular flexibility index (Phi) is 4.33. The van der Waals surface area contributed by atoms with Gasteiger partial charge in [0.25, 0.3) is 11.5 Å². The monoisotopic (exact) mass is 445 g/mol. The lowest BCUT2D eigenvalue weighted by Gasteiger charge is -2.22. The Morgan fingerprint density at radius 3 is 2.59 bits per heavy atom. The van der Waals surface area contributed by atoms with E-state index in [0.29, 0.717) is 27.8 Å². The molecule has 7 nitrogen and oxygen atoms in total. The molecule has 0 bridgehead atoms. The minimum absolute atomic E-state index is 0.149. The summed E-state index contributed by atoms with van der Waals surface area (Å²) in [5, 5.41) is 3.84. The zero-order valence-electron chi connectivity index (χ0n) is 18.0. The molecule has 5 aromatic rings. The summed E-state index contributed by atoms with van der Waals surface area (Å²) in [6.45, 7) is 3.97. The second-order valence-electron chi connectivity index (χ2n) is 8.67. The van der Waals surface area contributed by atoms with Crippen molar-refractivity contribution in [2.24, 2.45) is 0 Å². The Morgan fingerprint density at radius 1 is 1.12 bits per heavy atom. The minimum Gasteiger partial charge on any atom is -0.349 e. The molecule has 6 rings (SSSR count). The van der Waals surface area contributed by atoms with Crippen molar-refractivity contribution in [3.05, 3.63) is 50.6 Å². The summed E-state index contributed by atoms with van der Waals surface area (Å²) >= 11 is 1.55. The number of H-pyrrole nitrogens is 1. The average molecular weight is 446 g/mol. The minimum atomic E-state index is -0.200. The van der Waals surface area contributed by atoms with Gasteiger partial charge < -0.3 is 10.3 Å². The van der Waals surface area contributed by atoms with Crippen molar-refractivity contribution in [3.8, 4) is 0 Å². The highest BCUT2D eigenvalue weighted by atomic mass is 32.1. The van der Waals surface area contributed by atoms with Gasteiger partial charge in [-0.25, -0.2) is 9.97 Å². The van der Waals surface area contributed by atoms with Gasteiger partial charge in [0.1, 0.15) is 21.6 Å². The number of thiophene rings is 1. The summed E-state index contributed by atoms with van der Waals surface area (Å²) in [5.41, 5.74) is 4.21. The van der Waals surface area contributed by atoms with Gasteiger partial charge in [-0.15, -0.1) is 11.3 Å². The van der Waals surface area contributed by atoms with E-state index < -0.39 is 0 Å². The summed E-state index contributed by atoms with van der Waals surface area (Å²) in [4.78, 5) is 41.2. The molecule has 1 amide bonds. The van der Waals surface area contributed by atoms with Gasteiger partial charge in [0.2, 0.25) is 0 Å². The highest BCUT2D eigenvalue weighted by Crippen LogP contribution is 2.33. The second kappa shape index (κ2) is 7.13. The Labute approximate surface area is 187 Å². The predicted molar refractivity (Wildman–Crippen MR) is 128 cm³/mol. The van der Waals surface area contributed by atoms with Crippen LogP contribution in [0.3, 0.4) is 0 Å². The molecule has 0 saturated heterocycles. The fourth-order valence-corrected chi connectivity index (χ4v) is 6.05. The first kappa shape index (κ1) is 19.4. The maximum atomic E-state index is 13.5. The van der Waals surface area contributed by atoms with Crippen LogP contribution in [0.15, 0.2) is 29.1 Å². The van der Waals surface area contributed by atoms with Gasteiger partial charge in [-0.1, -0.05) is 31.4 Å². The number of aromatic nitrogens is 4. The molecule has 32 heavy (non-hydrogen) atoms. The number of aromatic amines is 1. The fourth-order valence-electron chi connectivity index (χ4n) is 4.88. The number of amides is 1. The fraction of sp³-hybridized carbons (Fsp3) is 0.333. The third-order valence-electron chi connectivity index (χ3n) is 6.66. The predicted octanol–water partition coefficient (Wildman–Crippen LogP) is 4.62. The SMILES string of the molecule is Cc1sc2c(c1C)c(=O)[nH]c1c(C(=O)NC3CCCCC3)c3nc4ccccc4nc3n12. The quantitative estimate of drug-likeness (QED) is 0.415. The van der Waals surface area contributed by atoms with Crippen molar-refractivity contribution in [1.29, 1.82) is 0 Å². The van der Waals surface area contributed by atoms with E-state index in [1.807, 2.05) is 42.5 Å². The van der Waals surface area contributed by atoms with E-state index in [0.717, 1.165) is 52.0 Å². The van der Waals surface area contributed by atoms with Crippen LogP contribution in [0, 0.1) is 13.8 Å². The highest BCUT2D eigenvalue weighted by molar-refractivity contribution is 7.18. The Balaban J connectivity index is 1.71. The molecule has 0 atom stereocenters. The van der Waals surface area contributed by atoms with Crippen LogP contribution in [-0.4, -0.2) is 31.3 Å². The van der Waals surface area contributed by atoms with E-state index in [2.05, 4.69) is 10.3 Å². The number of hydrogen-bond donors (Lipinski definition) is 2. The van der Waals surface area contributed by atoms with Crippen LogP contribution in [-0.2, 0) is 0 Å². The van der Waals surface area contributed by atoms with E-state index in [1.54, 1.807) is 11.3 Å². The normalized spacial score (nSPS) is 15.3. The maximum Gasteiger partial charge on any atom is 0.260 e. The average Bonchev–Trinajstić information content (AvgIpc) is 3.26. The van der Waals surface area contributed by atoms with Crippen LogP contribution in [0.2, 0.25) is 0 Å². The van der Waals surface area contributed by atoms with Gasteiger partial charge in [0.15, 0.2) is 5.65 Å². The molecule has 162 valence electrons. The number of nitrogens with zero attached hydrogens (tertiary/aromatic N) is 3. The maximum absolute atomic E-state index is 13.5. The first-order valence-corrected chi connectivity index (χ1v) is 11.9. The van der Waals surface area contributed by atoms with Crippen LogP contribution in [0.5, 0.6) is 0 Å². The molecule has 4 heterocycles. The topological polar surface area (TPSA) is 92.1 Å². The highest BCUT2D eigenvalue weighted by Gasteiger charge is 2.27. The number of benzene rings is 1. The van der Waals surface area contributed by atoms with Crippen molar-refractivity contribution >= 4 is 55.3 Å². The molecule has 0 unspecified atom stereocenters. The summed E-state index contributed by atoms with van der Waals surface area (Å²) < 4.78 is 1.91. The molecule has 0 radical (unpaired) electrons. The third-order valence-corrected chi connectivity index (χ3v) is 7.85. The first-order valence-electron chi connectivity index (χ1n) is 11.1. The second-order valence-corrected chi connectivity index (χ2v) is 9.87. The van der Waals surface area contributed by atoms with Gasteiger partial charge in [-0.3, -0.25) is 14.0 Å². The van der Waals surface area contributed by atoms with Gasteiger partial charge in [-0.2, -0.15) is 0 Å². The zero-order valence-corrected chi connectivity index (χ0v) is 18.8. The third kappa shape index (κ3) is 2.79. The van der Waals surface area contributed by atoms with E-state index in [-0.39, 0.29) is 17.5 Å². The van der Waals surface area contributed by atoms with Crippen LogP contribution >= 0.6 is 11.3 Å². The molecular weight excluding hydrogens is 422 g/mol. The lowest BCUT2D eigenvalue weighted by Crippen LogP contribution is -2.36. The lowest BCUT2D eigenvalue weighted by atomic mass is 9.95. The molecule has 0 aliphatic heterocycles. The summed E-state index contributed by atoms with van der Waals surface area (Å²) in [5.74, 6) is -0.200. The number of para-hydroxylation sites is 2. The van der Waals surface area contributed by atoms with E-state index >= 15 is 0 Å².